The summed E-state index contributed by atoms with van der Waals surface area (Å²) in [6.07, 6.45) is 1.02. The summed E-state index contributed by atoms with van der Waals surface area (Å²) in [5.74, 6) is 0. The highest BCUT2D eigenvalue weighted by Gasteiger charge is 2.29. The Balaban J connectivity index is -0.000000150. The van der Waals surface area contributed by atoms with E-state index in [1.807, 2.05) is 27.7 Å². The molecule has 8 heteroatoms. The van der Waals surface area contributed by atoms with Crippen molar-refractivity contribution in [3.63, 3.8) is 0 Å². The molecular formula is C17H44N2O4S2. The largest absolute Gasteiger partial charge is 0.216 e. The van der Waals surface area contributed by atoms with Crippen molar-refractivity contribution < 1.29 is 16.8 Å². The van der Waals surface area contributed by atoms with Gasteiger partial charge in [-0.3, -0.25) is 0 Å². The normalized spacial score (nSPS) is 14.4. The molecule has 0 bridgehead atoms. The minimum atomic E-state index is -3.01. The van der Waals surface area contributed by atoms with Crippen molar-refractivity contribution in [3.05, 3.63) is 0 Å². The topological polar surface area (TPSA) is 74.8 Å². The molecule has 6 nitrogen and oxygen atoms in total. The van der Waals surface area contributed by atoms with Crippen molar-refractivity contribution >= 4 is 20.0 Å². The highest BCUT2D eigenvalue weighted by Crippen LogP contribution is 2.15. The van der Waals surface area contributed by atoms with Gasteiger partial charge < -0.3 is 0 Å². The average molecular weight is 405 g/mol. The van der Waals surface area contributed by atoms with Crippen molar-refractivity contribution in [2.45, 2.75) is 87.2 Å². The van der Waals surface area contributed by atoms with Crippen LogP contribution in [0.25, 0.3) is 0 Å². The lowest BCUT2D eigenvalue weighted by atomic mass is 10.3. The molecule has 0 aromatic carbocycles. The predicted molar refractivity (Wildman–Crippen MR) is 112 cm³/mol. The lowest BCUT2D eigenvalue weighted by Gasteiger charge is -2.31. The first kappa shape index (κ1) is 32.5. The Labute approximate surface area is 159 Å². The molecule has 1 saturated heterocycles. The molecule has 0 N–H and O–H groups in total. The maximum absolute atomic E-state index is 11.4. The second kappa shape index (κ2) is 14.9. The van der Waals surface area contributed by atoms with Crippen LogP contribution in [0.2, 0.25) is 0 Å². The van der Waals surface area contributed by atoms with Crippen LogP contribution >= 0.6 is 0 Å². The van der Waals surface area contributed by atoms with E-state index in [-0.39, 0.29) is 25.4 Å². The summed E-state index contributed by atoms with van der Waals surface area (Å²) >= 11 is 0. The minimum absolute atomic E-state index is 0. The molecule has 158 valence electrons. The summed E-state index contributed by atoms with van der Waals surface area (Å²) < 4.78 is 48.3. The van der Waals surface area contributed by atoms with Gasteiger partial charge in [-0.2, -0.15) is 0 Å². The molecule has 0 saturated carbocycles. The van der Waals surface area contributed by atoms with Crippen LogP contribution in [0.1, 0.15) is 76.7 Å². The fourth-order valence-electron chi connectivity index (χ4n) is 1.72. The summed E-state index contributed by atoms with van der Waals surface area (Å²) in [7, 11) is -5.91. The number of hydrogen-bond donors (Lipinski definition) is 0. The second-order valence-corrected chi connectivity index (χ2v) is 10.5. The van der Waals surface area contributed by atoms with E-state index in [2.05, 4.69) is 0 Å². The van der Waals surface area contributed by atoms with E-state index in [0.717, 1.165) is 19.5 Å². The smallest absolute Gasteiger partial charge is 0.212 e. The number of nitrogens with zero attached hydrogens (tertiary/aromatic N) is 2. The van der Waals surface area contributed by atoms with Gasteiger partial charge in [0, 0.05) is 26.2 Å². The lowest BCUT2D eigenvalue weighted by molar-refractivity contribution is 0.306. The van der Waals surface area contributed by atoms with Gasteiger partial charge in [-0.15, -0.1) is 0 Å². The van der Waals surface area contributed by atoms with E-state index in [1.165, 1.54) is 8.61 Å². The van der Waals surface area contributed by atoms with Crippen LogP contribution in [0.3, 0.4) is 0 Å². The van der Waals surface area contributed by atoms with Crippen molar-refractivity contribution in [2.24, 2.45) is 0 Å². The van der Waals surface area contributed by atoms with E-state index in [0.29, 0.717) is 13.1 Å². The number of rotatable bonds is 6. The van der Waals surface area contributed by atoms with Gasteiger partial charge >= 0.3 is 0 Å². The van der Waals surface area contributed by atoms with Gasteiger partial charge in [0.1, 0.15) is 0 Å². The third-order valence-corrected chi connectivity index (χ3v) is 8.14. The van der Waals surface area contributed by atoms with Crippen LogP contribution in [0, 0.1) is 0 Å². The highest BCUT2D eigenvalue weighted by molar-refractivity contribution is 7.90. The zero-order valence-electron chi connectivity index (χ0n) is 16.0. The van der Waals surface area contributed by atoms with Crippen molar-refractivity contribution in [2.75, 3.05) is 26.2 Å². The first-order valence-corrected chi connectivity index (χ1v) is 11.5. The van der Waals surface area contributed by atoms with E-state index in [4.69, 9.17) is 0 Å². The zero-order valence-corrected chi connectivity index (χ0v) is 17.7. The van der Waals surface area contributed by atoms with E-state index in [1.54, 1.807) is 27.7 Å². The standard InChI is InChI=1S/C7H17NO2S.C6H13NO2S.C2H6.2CH4/c1-5-8(6-2)11(9,10)7(3)4;1-6(2)10(8,9)7-4-3-5-7;1-2;;/h7H,5-6H2,1-4H3;6H,3-5H2,1-2H3;1-2H3;2*1H4. The van der Waals surface area contributed by atoms with Gasteiger partial charge in [0.25, 0.3) is 0 Å². The first-order valence-electron chi connectivity index (χ1n) is 8.49. The maximum Gasteiger partial charge on any atom is 0.216 e. The summed E-state index contributed by atoms with van der Waals surface area (Å²) in [6, 6.07) is 0. The Hall–Kier alpha value is -0.180. The monoisotopic (exact) mass is 404 g/mol. The molecule has 25 heavy (non-hydrogen) atoms. The minimum Gasteiger partial charge on any atom is -0.212 e. The van der Waals surface area contributed by atoms with Crippen molar-refractivity contribution in [1.82, 2.24) is 8.61 Å². The SMILES string of the molecule is C.C.CC.CC(C)S(=O)(=O)N1CCC1.CCN(CC)S(=O)(=O)C(C)C. The molecule has 1 aliphatic heterocycles. The van der Waals surface area contributed by atoms with E-state index in [9.17, 15) is 16.8 Å². The Morgan fingerprint density at radius 1 is 0.840 bits per heavy atom. The maximum atomic E-state index is 11.4. The molecule has 0 aliphatic carbocycles. The van der Waals surface area contributed by atoms with Crippen LogP contribution in [0.15, 0.2) is 0 Å². The lowest BCUT2D eigenvalue weighted by Crippen LogP contribution is -2.45. The third-order valence-electron chi connectivity index (χ3n) is 3.43. The molecule has 0 radical (unpaired) electrons. The summed E-state index contributed by atoms with van der Waals surface area (Å²) in [4.78, 5) is 0. The Bertz CT molecular complexity index is 493. The molecule has 0 aromatic rings. The molecule has 0 atom stereocenters. The van der Waals surface area contributed by atoms with Gasteiger partial charge in [-0.1, -0.05) is 42.5 Å². The summed E-state index contributed by atoms with van der Waals surface area (Å²) in [5, 5.41) is -0.560. The fraction of sp³-hybridized carbons (Fsp3) is 1.00. The third kappa shape index (κ3) is 9.92. The van der Waals surface area contributed by atoms with Gasteiger partial charge in [0.2, 0.25) is 20.0 Å². The van der Waals surface area contributed by atoms with Crippen LogP contribution in [0.5, 0.6) is 0 Å². The molecule has 1 aliphatic rings. The highest BCUT2D eigenvalue weighted by atomic mass is 32.2. The van der Waals surface area contributed by atoms with Crippen molar-refractivity contribution in [1.29, 1.82) is 0 Å². The Morgan fingerprint density at radius 2 is 1.20 bits per heavy atom. The Morgan fingerprint density at radius 3 is 1.28 bits per heavy atom. The van der Waals surface area contributed by atoms with Gasteiger partial charge in [0.05, 0.1) is 10.5 Å². The zero-order chi connectivity index (χ0) is 18.8. The molecule has 1 heterocycles. The number of sulfonamides is 2. The van der Waals surface area contributed by atoms with Gasteiger partial charge in [-0.25, -0.2) is 25.4 Å². The fourth-order valence-corrected chi connectivity index (χ4v) is 4.40. The molecule has 1 rings (SSSR count). The van der Waals surface area contributed by atoms with Crippen LogP contribution in [-0.2, 0) is 20.0 Å². The van der Waals surface area contributed by atoms with E-state index < -0.39 is 20.0 Å². The average Bonchev–Trinajstić information content (AvgIpc) is 2.40. The molecule has 0 aromatic heterocycles. The molecular weight excluding hydrogens is 360 g/mol. The van der Waals surface area contributed by atoms with Gasteiger partial charge in [-0.05, 0) is 34.1 Å². The molecule has 0 amide bonds. The molecule has 0 spiro atoms. The molecule has 0 unspecified atom stereocenters. The van der Waals surface area contributed by atoms with Gasteiger partial charge in [0.15, 0.2) is 0 Å². The second-order valence-electron chi connectivity index (χ2n) is 5.52. The van der Waals surface area contributed by atoms with Crippen LogP contribution in [-0.4, -0.2) is 62.1 Å². The molecule has 1 fully saturated rings. The Kier molecular flexibility index (Phi) is 19.4. The predicted octanol–water partition coefficient (Wildman–Crippen LogP) is 3.80. The van der Waals surface area contributed by atoms with Crippen LogP contribution < -0.4 is 0 Å². The number of hydrogen-bond acceptors (Lipinski definition) is 4. The quantitative estimate of drug-likeness (QED) is 0.675. The first-order chi connectivity index (χ1) is 10.5. The van der Waals surface area contributed by atoms with E-state index >= 15 is 0 Å². The summed E-state index contributed by atoms with van der Waals surface area (Å²) in [5.41, 5.74) is 0. The van der Waals surface area contributed by atoms with Crippen LogP contribution in [0.4, 0.5) is 0 Å². The van der Waals surface area contributed by atoms with Crippen molar-refractivity contribution in [3.8, 4) is 0 Å². The summed E-state index contributed by atoms with van der Waals surface area (Å²) in [6.45, 7) is 17.1.